The summed E-state index contributed by atoms with van der Waals surface area (Å²) in [5.41, 5.74) is 5.42. The van der Waals surface area contributed by atoms with Crippen molar-refractivity contribution in [3.05, 3.63) is 100 Å². The Hall–Kier alpha value is -2.86. The molecular weight excluding hydrogens is 446 g/mol. The number of nitrogens with one attached hydrogen (secondary N) is 1. The van der Waals surface area contributed by atoms with E-state index in [1.54, 1.807) is 0 Å². The van der Waals surface area contributed by atoms with Crippen LogP contribution in [0, 0.1) is 13.8 Å². The smallest absolute Gasteiger partial charge is 0.321 e. The van der Waals surface area contributed by atoms with Crippen LogP contribution < -0.4 is 5.32 Å². The summed E-state index contributed by atoms with van der Waals surface area (Å²) in [6.07, 6.45) is -0.0786. The van der Waals surface area contributed by atoms with Gasteiger partial charge in [0.1, 0.15) is 0 Å². The predicted molar refractivity (Wildman–Crippen MR) is 138 cm³/mol. The van der Waals surface area contributed by atoms with Gasteiger partial charge in [0.05, 0.1) is 12.7 Å². The highest BCUT2D eigenvalue weighted by molar-refractivity contribution is 6.30. The van der Waals surface area contributed by atoms with E-state index in [2.05, 4.69) is 41.4 Å². The summed E-state index contributed by atoms with van der Waals surface area (Å²) < 4.78 is 6.40. The molecule has 3 aromatic carbocycles. The molecule has 0 radical (unpaired) electrons. The first-order valence-corrected chi connectivity index (χ1v) is 12.1. The van der Waals surface area contributed by atoms with Crippen molar-refractivity contribution in [2.75, 3.05) is 38.0 Å². The lowest BCUT2D eigenvalue weighted by Gasteiger charge is -2.36. The summed E-state index contributed by atoms with van der Waals surface area (Å²) in [7, 11) is 0. The van der Waals surface area contributed by atoms with Crippen molar-refractivity contribution in [1.82, 2.24) is 9.80 Å². The highest BCUT2D eigenvalue weighted by Gasteiger charge is 2.24. The van der Waals surface area contributed by atoms with Crippen LogP contribution in [0.3, 0.4) is 0 Å². The van der Waals surface area contributed by atoms with Crippen LogP contribution in [0.4, 0.5) is 10.5 Å². The van der Waals surface area contributed by atoms with Crippen molar-refractivity contribution in [3.63, 3.8) is 0 Å². The van der Waals surface area contributed by atoms with Gasteiger partial charge in [0.25, 0.3) is 0 Å². The lowest BCUT2D eigenvalue weighted by molar-refractivity contribution is 0.00592. The quantitative estimate of drug-likeness (QED) is 0.449. The van der Waals surface area contributed by atoms with Crippen LogP contribution in [-0.2, 0) is 11.3 Å². The minimum absolute atomic E-state index is 0.0427. The monoisotopic (exact) mass is 477 g/mol. The Balaban J connectivity index is 1.35. The molecule has 1 aliphatic rings. The standard InChI is InChI=1S/C28H32ClN3O2/c1-21-6-5-8-23(18-21)20-34-27(24-10-12-25(29)13-11-24)19-31-14-16-32(17-15-31)28(33)30-26-9-4-3-7-22(26)2/h3-13,18,27H,14-17,19-20H2,1-2H3,(H,30,33)/t27-/m1/s1. The predicted octanol–water partition coefficient (Wildman–Crippen LogP) is 6.06. The molecule has 5 nitrogen and oxygen atoms in total. The van der Waals surface area contributed by atoms with Crippen LogP contribution in [0.25, 0.3) is 0 Å². The average molecular weight is 478 g/mol. The first kappa shape index (κ1) is 24.3. The number of benzene rings is 3. The molecule has 0 unspecified atom stereocenters. The molecule has 1 N–H and O–H groups in total. The average Bonchev–Trinajstić information content (AvgIpc) is 2.84. The normalized spacial score (nSPS) is 15.2. The Morgan fingerprint density at radius 3 is 2.41 bits per heavy atom. The number of urea groups is 1. The van der Waals surface area contributed by atoms with Gasteiger partial charge in [0.15, 0.2) is 0 Å². The van der Waals surface area contributed by atoms with Gasteiger partial charge < -0.3 is 15.0 Å². The molecule has 34 heavy (non-hydrogen) atoms. The molecule has 6 heteroatoms. The maximum atomic E-state index is 12.7. The van der Waals surface area contributed by atoms with Crippen LogP contribution in [0.5, 0.6) is 0 Å². The van der Waals surface area contributed by atoms with Crippen LogP contribution in [0.15, 0.2) is 72.8 Å². The van der Waals surface area contributed by atoms with Crippen molar-refractivity contribution in [2.24, 2.45) is 0 Å². The minimum Gasteiger partial charge on any atom is -0.368 e. The third kappa shape index (κ3) is 6.60. The maximum absolute atomic E-state index is 12.7. The number of nitrogens with zero attached hydrogens (tertiary/aromatic N) is 2. The fourth-order valence-corrected chi connectivity index (χ4v) is 4.33. The van der Waals surface area contributed by atoms with E-state index in [4.69, 9.17) is 16.3 Å². The number of carbonyl (C=O) groups excluding carboxylic acids is 1. The second kappa shape index (κ2) is 11.5. The van der Waals surface area contributed by atoms with E-state index in [9.17, 15) is 4.79 Å². The molecular formula is C28H32ClN3O2. The van der Waals surface area contributed by atoms with E-state index < -0.39 is 0 Å². The summed E-state index contributed by atoms with van der Waals surface area (Å²) in [6.45, 7) is 8.38. The summed E-state index contributed by atoms with van der Waals surface area (Å²) in [4.78, 5) is 17.0. The number of halogens is 1. The van der Waals surface area contributed by atoms with E-state index in [1.165, 1.54) is 5.56 Å². The molecule has 2 amide bonds. The van der Waals surface area contributed by atoms with Gasteiger partial charge in [-0.1, -0.05) is 71.8 Å². The third-order valence-electron chi connectivity index (χ3n) is 6.25. The highest BCUT2D eigenvalue weighted by atomic mass is 35.5. The Labute approximate surface area is 207 Å². The van der Waals surface area contributed by atoms with E-state index in [0.29, 0.717) is 19.7 Å². The third-order valence-corrected chi connectivity index (χ3v) is 6.50. The van der Waals surface area contributed by atoms with Gasteiger partial charge >= 0.3 is 6.03 Å². The second-order valence-electron chi connectivity index (χ2n) is 8.87. The summed E-state index contributed by atoms with van der Waals surface area (Å²) in [5, 5.41) is 3.76. The van der Waals surface area contributed by atoms with Crippen LogP contribution in [0.2, 0.25) is 5.02 Å². The topological polar surface area (TPSA) is 44.8 Å². The minimum atomic E-state index is -0.0786. The highest BCUT2D eigenvalue weighted by Crippen LogP contribution is 2.24. The van der Waals surface area contributed by atoms with Gasteiger partial charge in [-0.3, -0.25) is 4.90 Å². The van der Waals surface area contributed by atoms with Crippen molar-refractivity contribution < 1.29 is 9.53 Å². The van der Waals surface area contributed by atoms with E-state index in [0.717, 1.165) is 47.0 Å². The molecule has 0 aliphatic carbocycles. The number of para-hydroxylation sites is 1. The van der Waals surface area contributed by atoms with E-state index >= 15 is 0 Å². The first-order chi connectivity index (χ1) is 16.5. The Bertz CT molecular complexity index is 1090. The number of carbonyl (C=O) groups is 1. The van der Waals surface area contributed by atoms with Gasteiger partial charge in [-0.2, -0.15) is 0 Å². The number of ether oxygens (including phenoxy) is 1. The second-order valence-corrected chi connectivity index (χ2v) is 9.31. The maximum Gasteiger partial charge on any atom is 0.321 e. The molecule has 1 fully saturated rings. The number of amides is 2. The lowest BCUT2D eigenvalue weighted by Crippen LogP contribution is -2.50. The van der Waals surface area contributed by atoms with Gasteiger partial charge in [-0.25, -0.2) is 4.79 Å². The number of aryl methyl sites for hydroxylation is 2. The van der Waals surface area contributed by atoms with Crippen molar-refractivity contribution in [1.29, 1.82) is 0 Å². The zero-order valence-electron chi connectivity index (χ0n) is 19.8. The van der Waals surface area contributed by atoms with E-state index in [-0.39, 0.29) is 12.1 Å². The van der Waals surface area contributed by atoms with E-state index in [1.807, 2.05) is 60.4 Å². The zero-order valence-corrected chi connectivity index (χ0v) is 20.6. The van der Waals surface area contributed by atoms with Crippen molar-refractivity contribution in [3.8, 4) is 0 Å². The summed E-state index contributed by atoms with van der Waals surface area (Å²) in [6, 6.07) is 24.1. The van der Waals surface area contributed by atoms with Gasteiger partial charge in [-0.15, -0.1) is 0 Å². The fourth-order valence-electron chi connectivity index (χ4n) is 4.21. The number of hydrogen-bond donors (Lipinski definition) is 1. The molecule has 0 bridgehead atoms. The molecule has 0 aromatic heterocycles. The lowest BCUT2D eigenvalue weighted by atomic mass is 10.1. The number of anilines is 1. The van der Waals surface area contributed by atoms with Crippen molar-refractivity contribution in [2.45, 2.75) is 26.6 Å². The van der Waals surface area contributed by atoms with Gasteiger partial charge in [-0.05, 0) is 48.7 Å². The number of hydrogen-bond acceptors (Lipinski definition) is 3. The Morgan fingerprint density at radius 2 is 1.71 bits per heavy atom. The molecule has 1 heterocycles. The molecule has 178 valence electrons. The van der Waals surface area contributed by atoms with Crippen LogP contribution >= 0.6 is 11.6 Å². The molecule has 4 rings (SSSR count). The molecule has 3 aromatic rings. The number of rotatable bonds is 7. The Morgan fingerprint density at radius 1 is 0.971 bits per heavy atom. The largest absolute Gasteiger partial charge is 0.368 e. The zero-order chi connectivity index (χ0) is 23.9. The van der Waals surface area contributed by atoms with Gasteiger partial charge in [0, 0.05) is 43.4 Å². The summed E-state index contributed by atoms with van der Waals surface area (Å²) >= 11 is 6.12. The number of piperazine rings is 1. The molecule has 0 saturated carbocycles. The fraction of sp³-hybridized carbons (Fsp3) is 0.321. The summed E-state index contributed by atoms with van der Waals surface area (Å²) in [5.74, 6) is 0. The molecule has 1 aliphatic heterocycles. The SMILES string of the molecule is Cc1cccc(CO[C@H](CN2CCN(C(=O)Nc3ccccc3C)CC2)c2ccc(Cl)cc2)c1. The van der Waals surface area contributed by atoms with Crippen LogP contribution in [-0.4, -0.2) is 48.6 Å². The molecule has 1 atom stereocenters. The van der Waals surface area contributed by atoms with Crippen LogP contribution in [0.1, 0.15) is 28.4 Å². The first-order valence-electron chi connectivity index (χ1n) is 11.7. The van der Waals surface area contributed by atoms with Crippen molar-refractivity contribution >= 4 is 23.3 Å². The Kier molecular flexibility index (Phi) is 8.22. The molecule has 0 spiro atoms. The molecule has 1 saturated heterocycles. The van der Waals surface area contributed by atoms with Gasteiger partial charge in [0.2, 0.25) is 0 Å².